The van der Waals surface area contributed by atoms with Crippen LogP contribution in [-0.4, -0.2) is 7.05 Å². The lowest BCUT2D eigenvalue weighted by Gasteiger charge is -2.14. The van der Waals surface area contributed by atoms with E-state index in [9.17, 15) is 0 Å². The van der Waals surface area contributed by atoms with Crippen molar-refractivity contribution in [1.29, 1.82) is 0 Å². The summed E-state index contributed by atoms with van der Waals surface area (Å²) in [5.41, 5.74) is 2.27. The van der Waals surface area contributed by atoms with Gasteiger partial charge in [0.2, 0.25) is 0 Å². The molecule has 2 rings (SSSR count). The first kappa shape index (κ1) is 15.4. The first-order valence-electron chi connectivity index (χ1n) is 6.44. The first-order chi connectivity index (χ1) is 9.60. The van der Waals surface area contributed by atoms with Gasteiger partial charge in [0.1, 0.15) is 12.4 Å². The van der Waals surface area contributed by atoms with Crippen LogP contribution in [0.15, 0.2) is 46.9 Å². The average molecular weight is 355 g/mol. The summed E-state index contributed by atoms with van der Waals surface area (Å²) in [6.07, 6.45) is 0. The molecule has 2 nitrogen and oxygen atoms in total. The first-order valence-corrected chi connectivity index (χ1v) is 7.61. The molecule has 2 aromatic carbocycles. The number of halogens is 2. The summed E-state index contributed by atoms with van der Waals surface area (Å²) in [6.45, 7) is 2.63. The molecule has 0 spiro atoms. The van der Waals surface area contributed by atoms with Gasteiger partial charge in [-0.2, -0.15) is 0 Å². The Balaban J connectivity index is 2.05. The molecule has 0 aliphatic carbocycles. The van der Waals surface area contributed by atoms with Gasteiger partial charge in [-0.1, -0.05) is 45.7 Å². The second kappa shape index (κ2) is 7.11. The summed E-state index contributed by atoms with van der Waals surface area (Å²) >= 11 is 9.54. The van der Waals surface area contributed by atoms with Crippen molar-refractivity contribution in [2.24, 2.45) is 0 Å². The zero-order valence-corrected chi connectivity index (χ0v) is 13.8. The Bertz CT molecular complexity index is 588. The number of benzene rings is 2. The summed E-state index contributed by atoms with van der Waals surface area (Å²) in [7, 11) is 1.95. The minimum absolute atomic E-state index is 0.298. The van der Waals surface area contributed by atoms with E-state index < -0.39 is 0 Å². The van der Waals surface area contributed by atoms with Gasteiger partial charge in [-0.05, 0) is 49.4 Å². The number of nitrogens with one attached hydrogen (secondary N) is 1. The number of hydrogen-bond donors (Lipinski definition) is 1. The number of rotatable bonds is 5. The molecular formula is C16H17BrClNO. The van der Waals surface area contributed by atoms with Crippen molar-refractivity contribution in [1.82, 2.24) is 5.32 Å². The molecule has 0 aliphatic rings. The molecule has 106 valence electrons. The lowest BCUT2D eigenvalue weighted by atomic mass is 10.1. The van der Waals surface area contributed by atoms with Crippen molar-refractivity contribution in [2.75, 3.05) is 7.05 Å². The largest absolute Gasteiger partial charge is 0.489 e. The van der Waals surface area contributed by atoms with Crippen LogP contribution in [0, 0.1) is 0 Å². The zero-order valence-electron chi connectivity index (χ0n) is 11.5. The SMILES string of the molecule is CNC(C)c1ccc(OCc2cccc(Cl)c2)cc1Br. The quantitative estimate of drug-likeness (QED) is 0.819. The Hall–Kier alpha value is -1.03. The van der Waals surface area contributed by atoms with Crippen molar-refractivity contribution >= 4 is 27.5 Å². The van der Waals surface area contributed by atoms with Gasteiger partial charge in [0.25, 0.3) is 0 Å². The summed E-state index contributed by atoms with van der Waals surface area (Å²) in [6, 6.07) is 14.0. The van der Waals surface area contributed by atoms with E-state index in [1.165, 1.54) is 5.56 Å². The van der Waals surface area contributed by atoms with Crippen molar-refractivity contribution in [2.45, 2.75) is 19.6 Å². The van der Waals surface area contributed by atoms with Gasteiger partial charge in [0, 0.05) is 15.5 Å². The molecule has 0 radical (unpaired) electrons. The standard InChI is InChI=1S/C16H17BrClNO/c1-11(19-2)15-7-6-14(9-16(15)17)20-10-12-4-3-5-13(18)8-12/h3-9,11,19H,10H2,1-2H3. The molecule has 4 heteroatoms. The Morgan fingerprint density at radius 1 is 1.25 bits per heavy atom. The third kappa shape index (κ3) is 3.98. The van der Waals surface area contributed by atoms with Crippen LogP contribution in [0.4, 0.5) is 0 Å². The highest BCUT2D eigenvalue weighted by molar-refractivity contribution is 9.10. The highest BCUT2D eigenvalue weighted by atomic mass is 79.9. The number of ether oxygens (including phenoxy) is 1. The average Bonchev–Trinajstić information content (AvgIpc) is 2.44. The lowest BCUT2D eigenvalue weighted by molar-refractivity contribution is 0.306. The Labute approximate surface area is 133 Å². The van der Waals surface area contributed by atoms with Gasteiger partial charge in [0.15, 0.2) is 0 Å². The smallest absolute Gasteiger partial charge is 0.120 e. The van der Waals surface area contributed by atoms with E-state index in [0.29, 0.717) is 12.6 Å². The maximum absolute atomic E-state index is 5.95. The number of hydrogen-bond acceptors (Lipinski definition) is 2. The van der Waals surface area contributed by atoms with E-state index in [0.717, 1.165) is 20.8 Å². The van der Waals surface area contributed by atoms with Gasteiger partial charge in [-0.3, -0.25) is 0 Å². The molecule has 0 bridgehead atoms. The molecular weight excluding hydrogens is 338 g/mol. The maximum atomic E-state index is 5.95. The second-order valence-corrected chi connectivity index (χ2v) is 5.90. The Kier molecular flexibility index (Phi) is 5.46. The van der Waals surface area contributed by atoms with Crippen LogP contribution in [-0.2, 0) is 6.61 Å². The molecule has 0 saturated heterocycles. The molecule has 2 aromatic rings. The highest BCUT2D eigenvalue weighted by Crippen LogP contribution is 2.28. The summed E-state index contributed by atoms with van der Waals surface area (Å²) in [5, 5.41) is 3.95. The Morgan fingerprint density at radius 3 is 2.70 bits per heavy atom. The predicted octanol–water partition coefficient (Wildman–Crippen LogP) is 4.96. The van der Waals surface area contributed by atoms with E-state index in [1.807, 2.05) is 43.4 Å². The van der Waals surface area contributed by atoms with Crippen LogP contribution in [0.25, 0.3) is 0 Å². The van der Waals surface area contributed by atoms with Crippen molar-refractivity contribution < 1.29 is 4.74 Å². The minimum atomic E-state index is 0.298. The molecule has 0 saturated carbocycles. The van der Waals surface area contributed by atoms with Crippen LogP contribution in [0.1, 0.15) is 24.1 Å². The molecule has 1 unspecified atom stereocenters. The fourth-order valence-corrected chi connectivity index (χ4v) is 2.81. The molecule has 1 N–H and O–H groups in total. The third-order valence-electron chi connectivity index (χ3n) is 3.17. The lowest BCUT2D eigenvalue weighted by Crippen LogP contribution is -2.12. The van der Waals surface area contributed by atoms with E-state index in [1.54, 1.807) is 0 Å². The second-order valence-electron chi connectivity index (χ2n) is 4.61. The normalized spacial score (nSPS) is 12.2. The zero-order chi connectivity index (χ0) is 14.5. The van der Waals surface area contributed by atoms with Gasteiger partial charge in [-0.15, -0.1) is 0 Å². The molecule has 20 heavy (non-hydrogen) atoms. The molecule has 0 aromatic heterocycles. The third-order valence-corrected chi connectivity index (χ3v) is 4.09. The fraction of sp³-hybridized carbons (Fsp3) is 0.250. The van der Waals surface area contributed by atoms with E-state index in [4.69, 9.17) is 16.3 Å². The molecule has 1 atom stereocenters. The van der Waals surface area contributed by atoms with Gasteiger partial charge < -0.3 is 10.1 Å². The van der Waals surface area contributed by atoms with E-state index in [-0.39, 0.29) is 0 Å². The Morgan fingerprint density at radius 2 is 2.05 bits per heavy atom. The van der Waals surface area contributed by atoms with Gasteiger partial charge in [-0.25, -0.2) is 0 Å². The van der Waals surface area contributed by atoms with E-state index >= 15 is 0 Å². The van der Waals surface area contributed by atoms with Crippen molar-refractivity contribution in [3.05, 3.63) is 63.1 Å². The predicted molar refractivity (Wildman–Crippen MR) is 87.4 cm³/mol. The molecule has 0 heterocycles. The van der Waals surface area contributed by atoms with Crippen LogP contribution in [0.3, 0.4) is 0 Å². The van der Waals surface area contributed by atoms with Crippen LogP contribution >= 0.6 is 27.5 Å². The molecule has 0 aliphatic heterocycles. The van der Waals surface area contributed by atoms with Gasteiger partial charge >= 0.3 is 0 Å². The minimum Gasteiger partial charge on any atom is -0.489 e. The van der Waals surface area contributed by atoms with Crippen molar-refractivity contribution in [3.8, 4) is 5.75 Å². The summed E-state index contributed by atoms with van der Waals surface area (Å²) in [5.74, 6) is 0.837. The van der Waals surface area contributed by atoms with E-state index in [2.05, 4.69) is 34.2 Å². The monoisotopic (exact) mass is 353 g/mol. The van der Waals surface area contributed by atoms with Crippen LogP contribution in [0.2, 0.25) is 5.02 Å². The molecule has 0 amide bonds. The topological polar surface area (TPSA) is 21.3 Å². The van der Waals surface area contributed by atoms with Crippen LogP contribution < -0.4 is 10.1 Å². The molecule has 0 fully saturated rings. The van der Waals surface area contributed by atoms with Crippen molar-refractivity contribution in [3.63, 3.8) is 0 Å². The summed E-state index contributed by atoms with van der Waals surface area (Å²) in [4.78, 5) is 0. The fourth-order valence-electron chi connectivity index (χ4n) is 1.90. The van der Waals surface area contributed by atoms with Gasteiger partial charge in [0.05, 0.1) is 0 Å². The van der Waals surface area contributed by atoms with Crippen LogP contribution in [0.5, 0.6) is 5.75 Å². The summed E-state index contributed by atoms with van der Waals surface area (Å²) < 4.78 is 6.83. The maximum Gasteiger partial charge on any atom is 0.120 e. The highest BCUT2D eigenvalue weighted by Gasteiger charge is 2.08.